The lowest BCUT2D eigenvalue weighted by Gasteiger charge is -2.38. The first kappa shape index (κ1) is 14.4. The fraction of sp³-hybridized carbons (Fsp3) is 0.400. The van der Waals surface area contributed by atoms with Crippen molar-refractivity contribution in [2.24, 2.45) is 0 Å². The number of nitrogens with one attached hydrogen (secondary N) is 3. The number of para-hydroxylation sites is 1. The molecule has 0 bridgehead atoms. The zero-order valence-electron chi connectivity index (χ0n) is 12.3. The lowest BCUT2D eigenvalue weighted by atomic mass is 9.82. The van der Waals surface area contributed by atoms with E-state index in [4.69, 9.17) is 0 Å². The summed E-state index contributed by atoms with van der Waals surface area (Å²) in [5.74, 6) is -0.362. The molecule has 1 saturated heterocycles. The van der Waals surface area contributed by atoms with Gasteiger partial charge >= 0.3 is 12.1 Å². The van der Waals surface area contributed by atoms with Crippen molar-refractivity contribution in [3.8, 4) is 0 Å². The van der Waals surface area contributed by atoms with Gasteiger partial charge in [0.2, 0.25) is 0 Å². The molecular weight excluding hydrogens is 284 g/mol. The summed E-state index contributed by atoms with van der Waals surface area (Å²) in [4.78, 5) is 37.7. The number of benzene rings is 1. The predicted molar refractivity (Wildman–Crippen MR) is 80.4 cm³/mol. The number of carbonyl (C=O) groups is 3. The highest BCUT2D eigenvalue weighted by Crippen LogP contribution is 2.40. The molecule has 22 heavy (non-hydrogen) atoms. The second-order valence-electron chi connectivity index (χ2n) is 5.46. The maximum Gasteiger partial charge on any atom is 0.322 e. The monoisotopic (exact) mass is 302 g/mol. The maximum atomic E-state index is 12.3. The molecule has 0 aliphatic carbocycles. The third-order valence-electron chi connectivity index (χ3n) is 4.08. The van der Waals surface area contributed by atoms with Crippen LogP contribution in [0.1, 0.15) is 25.3 Å². The van der Waals surface area contributed by atoms with Crippen molar-refractivity contribution >= 4 is 23.7 Å². The SMILES string of the molecule is CCCNC(=O)N1CCC2(NC(=O)NC2=O)c2ccccc21. The minimum atomic E-state index is -1.07. The Balaban J connectivity index is 1.99. The molecular formula is C15H18N4O3. The van der Waals surface area contributed by atoms with E-state index < -0.39 is 11.6 Å². The predicted octanol–water partition coefficient (Wildman–Crippen LogP) is 1.05. The van der Waals surface area contributed by atoms with Crippen molar-refractivity contribution in [1.29, 1.82) is 0 Å². The number of imide groups is 1. The molecule has 7 heteroatoms. The van der Waals surface area contributed by atoms with Gasteiger partial charge in [0.25, 0.3) is 5.91 Å². The second kappa shape index (κ2) is 5.32. The minimum Gasteiger partial charge on any atom is -0.338 e. The Morgan fingerprint density at radius 2 is 2.14 bits per heavy atom. The van der Waals surface area contributed by atoms with E-state index in [1.54, 1.807) is 23.1 Å². The van der Waals surface area contributed by atoms with Gasteiger partial charge in [-0.25, -0.2) is 9.59 Å². The normalized spacial score (nSPS) is 23.0. The van der Waals surface area contributed by atoms with Gasteiger partial charge in [-0.2, -0.15) is 0 Å². The van der Waals surface area contributed by atoms with Crippen LogP contribution in [-0.2, 0) is 10.3 Å². The van der Waals surface area contributed by atoms with Crippen LogP contribution in [-0.4, -0.2) is 31.1 Å². The van der Waals surface area contributed by atoms with Gasteiger partial charge in [-0.15, -0.1) is 0 Å². The van der Waals surface area contributed by atoms with Crippen LogP contribution in [0.5, 0.6) is 0 Å². The van der Waals surface area contributed by atoms with Gasteiger partial charge < -0.3 is 10.6 Å². The Labute approximate surface area is 128 Å². The maximum absolute atomic E-state index is 12.3. The van der Waals surface area contributed by atoms with Crippen LogP contribution >= 0.6 is 0 Å². The third-order valence-corrected chi connectivity index (χ3v) is 4.08. The average Bonchev–Trinajstić information content (AvgIpc) is 2.80. The average molecular weight is 302 g/mol. The Hall–Kier alpha value is -2.57. The highest BCUT2D eigenvalue weighted by atomic mass is 16.2. The minimum absolute atomic E-state index is 0.186. The Bertz CT molecular complexity index is 645. The summed E-state index contributed by atoms with van der Waals surface area (Å²) in [6.45, 7) is 2.94. The molecule has 1 aromatic rings. The number of fused-ring (bicyclic) bond motifs is 2. The molecule has 116 valence electrons. The molecule has 2 aliphatic rings. The molecule has 0 saturated carbocycles. The molecule has 1 atom stereocenters. The first-order valence-corrected chi connectivity index (χ1v) is 7.37. The fourth-order valence-electron chi connectivity index (χ4n) is 3.00. The van der Waals surface area contributed by atoms with E-state index in [-0.39, 0.29) is 11.9 Å². The van der Waals surface area contributed by atoms with Gasteiger partial charge in [-0.1, -0.05) is 25.1 Å². The third kappa shape index (κ3) is 2.09. The summed E-state index contributed by atoms with van der Waals surface area (Å²) < 4.78 is 0. The summed E-state index contributed by atoms with van der Waals surface area (Å²) in [6, 6.07) is 6.50. The van der Waals surface area contributed by atoms with Crippen molar-refractivity contribution in [2.45, 2.75) is 25.3 Å². The molecule has 2 aliphatic heterocycles. The van der Waals surface area contributed by atoms with E-state index in [2.05, 4.69) is 16.0 Å². The zero-order chi connectivity index (χ0) is 15.7. The van der Waals surface area contributed by atoms with E-state index in [0.717, 1.165) is 6.42 Å². The largest absolute Gasteiger partial charge is 0.338 e. The van der Waals surface area contributed by atoms with E-state index in [1.807, 2.05) is 13.0 Å². The van der Waals surface area contributed by atoms with Crippen LogP contribution in [0, 0.1) is 0 Å². The number of hydrogen-bond donors (Lipinski definition) is 3. The number of nitrogens with zero attached hydrogens (tertiary/aromatic N) is 1. The fourth-order valence-corrected chi connectivity index (χ4v) is 3.00. The molecule has 3 N–H and O–H groups in total. The lowest BCUT2D eigenvalue weighted by molar-refractivity contribution is -0.124. The van der Waals surface area contributed by atoms with Crippen molar-refractivity contribution in [3.63, 3.8) is 0 Å². The first-order valence-electron chi connectivity index (χ1n) is 7.37. The second-order valence-corrected chi connectivity index (χ2v) is 5.46. The van der Waals surface area contributed by atoms with Crippen molar-refractivity contribution < 1.29 is 14.4 Å². The zero-order valence-corrected chi connectivity index (χ0v) is 12.3. The summed E-state index contributed by atoms with van der Waals surface area (Å²) in [6.07, 6.45) is 1.20. The van der Waals surface area contributed by atoms with Crippen LogP contribution in [0.2, 0.25) is 0 Å². The molecule has 7 nitrogen and oxygen atoms in total. The van der Waals surface area contributed by atoms with E-state index in [9.17, 15) is 14.4 Å². The summed E-state index contributed by atoms with van der Waals surface area (Å²) in [5.41, 5.74) is 0.228. The highest BCUT2D eigenvalue weighted by molar-refractivity contribution is 6.09. The lowest BCUT2D eigenvalue weighted by Crippen LogP contribution is -2.53. The van der Waals surface area contributed by atoms with Crippen LogP contribution < -0.4 is 20.9 Å². The smallest absolute Gasteiger partial charge is 0.322 e. The number of amides is 5. The number of carbonyl (C=O) groups excluding carboxylic acids is 3. The molecule has 2 heterocycles. The summed E-state index contributed by atoms with van der Waals surface area (Å²) in [7, 11) is 0. The number of anilines is 1. The van der Waals surface area contributed by atoms with Crippen LogP contribution in [0.3, 0.4) is 0 Å². The van der Waals surface area contributed by atoms with Gasteiger partial charge in [0.1, 0.15) is 5.54 Å². The van der Waals surface area contributed by atoms with Crippen LogP contribution in [0.25, 0.3) is 0 Å². The molecule has 0 aromatic heterocycles. The topological polar surface area (TPSA) is 90.5 Å². The Morgan fingerprint density at radius 1 is 1.36 bits per heavy atom. The molecule has 1 spiro atoms. The Kier molecular flexibility index (Phi) is 3.48. The van der Waals surface area contributed by atoms with Gasteiger partial charge in [-0.05, 0) is 12.5 Å². The summed E-state index contributed by atoms with van der Waals surface area (Å²) >= 11 is 0. The van der Waals surface area contributed by atoms with E-state index in [1.165, 1.54) is 0 Å². The quantitative estimate of drug-likeness (QED) is 0.713. The molecule has 1 unspecified atom stereocenters. The number of hydrogen-bond acceptors (Lipinski definition) is 3. The van der Waals surface area contributed by atoms with E-state index >= 15 is 0 Å². The standard InChI is InChI=1S/C15H18N4O3/c1-2-8-16-14(22)19-9-7-15(12(20)17-13(21)18-15)10-5-3-4-6-11(10)19/h3-6H,2,7-9H2,1H3,(H,16,22)(H2,17,18,20,21). The van der Waals surface area contributed by atoms with Gasteiger partial charge in [0.15, 0.2) is 0 Å². The van der Waals surface area contributed by atoms with Gasteiger partial charge in [0.05, 0.1) is 5.69 Å². The van der Waals surface area contributed by atoms with Gasteiger partial charge in [0, 0.05) is 25.1 Å². The van der Waals surface area contributed by atoms with Crippen LogP contribution in [0.4, 0.5) is 15.3 Å². The number of urea groups is 2. The molecule has 0 radical (unpaired) electrons. The Morgan fingerprint density at radius 3 is 2.82 bits per heavy atom. The molecule has 3 rings (SSSR count). The summed E-state index contributed by atoms with van der Waals surface area (Å²) in [5, 5.41) is 7.85. The van der Waals surface area contributed by atoms with Gasteiger partial charge in [-0.3, -0.25) is 15.0 Å². The van der Waals surface area contributed by atoms with E-state index in [0.29, 0.717) is 30.8 Å². The van der Waals surface area contributed by atoms with Crippen molar-refractivity contribution in [2.75, 3.05) is 18.0 Å². The molecule has 1 aromatic carbocycles. The molecule has 1 fully saturated rings. The highest BCUT2D eigenvalue weighted by Gasteiger charge is 2.51. The number of rotatable bonds is 2. The van der Waals surface area contributed by atoms with Crippen molar-refractivity contribution in [1.82, 2.24) is 16.0 Å². The first-order chi connectivity index (χ1) is 10.6. The molecule has 5 amide bonds. The van der Waals surface area contributed by atoms with Crippen molar-refractivity contribution in [3.05, 3.63) is 29.8 Å². The van der Waals surface area contributed by atoms with Crippen LogP contribution in [0.15, 0.2) is 24.3 Å².